The van der Waals surface area contributed by atoms with Crippen molar-refractivity contribution < 1.29 is 22.3 Å². The van der Waals surface area contributed by atoms with E-state index in [2.05, 4.69) is 4.72 Å². The van der Waals surface area contributed by atoms with Gasteiger partial charge in [0.05, 0.1) is 5.69 Å². The summed E-state index contributed by atoms with van der Waals surface area (Å²) in [7, 11) is -3.99. The Morgan fingerprint density at radius 1 is 1.32 bits per heavy atom. The van der Waals surface area contributed by atoms with Crippen molar-refractivity contribution in [2.24, 2.45) is 0 Å². The SMILES string of the molecule is O=S(=O)(Nc1cc(F)cc(Cl)c1)c1ccc(CO)o1. The first kappa shape index (κ1) is 13.9. The minimum Gasteiger partial charge on any atom is -0.445 e. The van der Waals surface area contributed by atoms with Gasteiger partial charge in [-0.25, -0.2) is 4.39 Å². The lowest BCUT2D eigenvalue weighted by Crippen LogP contribution is -2.12. The van der Waals surface area contributed by atoms with Gasteiger partial charge in [-0.15, -0.1) is 0 Å². The smallest absolute Gasteiger partial charge is 0.295 e. The highest BCUT2D eigenvalue weighted by Gasteiger charge is 2.19. The topological polar surface area (TPSA) is 79.5 Å². The third kappa shape index (κ3) is 3.25. The standard InChI is InChI=1S/C11H9ClFNO4S/c12-7-3-8(13)5-9(4-7)14-19(16,17)11-2-1-10(6-15)18-11/h1-5,14-15H,6H2. The van der Waals surface area contributed by atoms with Crippen molar-refractivity contribution in [3.63, 3.8) is 0 Å². The fourth-order valence-electron chi connectivity index (χ4n) is 1.41. The van der Waals surface area contributed by atoms with Crippen LogP contribution in [0.25, 0.3) is 0 Å². The van der Waals surface area contributed by atoms with E-state index in [0.29, 0.717) is 0 Å². The lowest BCUT2D eigenvalue weighted by atomic mass is 10.3. The Hall–Kier alpha value is -1.57. The Bertz CT molecular complexity index is 678. The Morgan fingerprint density at radius 3 is 2.63 bits per heavy atom. The molecule has 5 nitrogen and oxygen atoms in total. The van der Waals surface area contributed by atoms with E-state index in [-0.39, 0.29) is 21.6 Å². The zero-order chi connectivity index (χ0) is 14.0. The van der Waals surface area contributed by atoms with Crippen molar-refractivity contribution in [1.82, 2.24) is 0 Å². The van der Waals surface area contributed by atoms with Crippen molar-refractivity contribution in [3.05, 3.63) is 46.9 Å². The average molecular weight is 306 g/mol. The van der Waals surface area contributed by atoms with Crippen LogP contribution in [0.15, 0.2) is 39.8 Å². The number of aliphatic hydroxyl groups excluding tert-OH is 1. The highest BCUT2D eigenvalue weighted by Crippen LogP contribution is 2.22. The second-order valence-corrected chi connectivity index (χ2v) is 5.69. The molecular weight excluding hydrogens is 297 g/mol. The number of halogens is 2. The lowest BCUT2D eigenvalue weighted by molar-refractivity contribution is 0.236. The highest BCUT2D eigenvalue weighted by atomic mass is 35.5. The van der Waals surface area contributed by atoms with Crippen LogP contribution in [0.4, 0.5) is 10.1 Å². The van der Waals surface area contributed by atoms with Crippen LogP contribution in [0.3, 0.4) is 0 Å². The van der Waals surface area contributed by atoms with E-state index in [0.717, 1.165) is 12.1 Å². The lowest BCUT2D eigenvalue weighted by Gasteiger charge is -2.06. The predicted molar refractivity (Wildman–Crippen MR) is 66.8 cm³/mol. The molecule has 2 aromatic rings. The fraction of sp³-hybridized carbons (Fsp3) is 0.0909. The van der Waals surface area contributed by atoms with Crippen LogP contribution >= 0.6 is 11.6 Å². The molecule has 1 aromatic heterocycles. The van der Waals surface area contributed by atoms with Gasteiger partial charge in [0.1, 0.15) is 18.2 Å². The molecule has 0 saturated carbocycles. The molecule has 0 amide bonds. The molecule has 0 fully saturated rings. The van der Waals surface area contributed by atoms with Gasteiger partial charge >= 0.3 is 0 Å². The summed E-state index contributed by atoms with van der Waals surface area (Å²) in [5.41, 5.74) is -0.0213. The van der Waals surface area contributed by atoms with Gasteiger partial charge in [-0.2, -0.15) is 8.42 Å². The van der Waals surface area contributed by atoms with Gasteiger partial charge in [0.15, 0.2) is 0 Å². The number of hydrogen-bond acceptors (Lipinski definition) is 4. The first-order chi connectivity index (χ1) is 8.90. The van der Waals surface area contributed by atoms with Crippen molar-refractivity contribution in [1.29, 1.82) is 0 Å². The number of sulfonamides is 1. The van der Waals surface area contributed by atoms with Crippen LogP contribution < -0.4 is 4.72 Å². The summed E-state index contributed by atoms with van der Waals surface area (Å²) < 4.78 is 43.9. The third-order valence-corrected chi connectivity index (χ3v) is 3.64. The van der Waals surface area contributed by atoms with Gasteiger partial charge in [-0.05, 0) is 30.3 Å². The molecule has 2 N–H and O–H groups in total. The number of anilines is 1. The van der Waals surface area contributed by atoms with Crippen molar-refractivity contribution in [3.8, 4) is 0 Å². The Morgan fingerprint density at radius 2 is 2.05 bits per heavy atom. The predicted octanol–water partition coefficient (Wildman–Crippen LogP) is 2.37. The summed E-state index contributed by atoms with van der Waals surface area (Å²) in [5, 5.41) is 8.49. The molecule has 0 aliphatic carbocycles. The molecule has 19 heavy (non-hydrogen) atoms. The summed E-state index contributed by atoms with van der Waals surface area (Å²) in [5.74, 6) is -0.557. The molecule has 0 aliphatic rings. The molecule has 0 unspecified atom stereocenters. The molecule has 0 atom stereocenters. The Balaban J connectivity index is 2.30. The van der Waals surface area contributed by atoms with Crippen molar-refractivity contribution in [2.45, 2.75) is 11.7 Å². The molecule has 0 radical (unpaired) electrons. The summed E-state index contributed by atoms with van der Waals surface area (Å²) in [6.45, 7) is -0.415. The molecule has 1 aromatic carbocycles. The van der Waals surface area contributed by atoms with Crippen LogP contribution in [-0.4, -0.2) is 13.5 Å². The van der Waals surface area contributed by atoms with Gasteiger partial charge in [0.25, 0.3) is 10.0 Å². The largest absolute Gasteiger partial charge is 0.445 e. The number of benzene rings is 1. The van der Waals surface area contributed by atoms with Crippen LogP contribution in [0.1, 0.15) is 5.76 Å². The maximum Gasteiger partial charge on any atom is 0.295 e. The number of furan rings is 1. The maximum absolute atomic E-state index is 13.1. The molecule has 102 valence electrons. The van der Waals surface area contributed by atoms with E-state index in [1.807, 2.05) is 0 Å². The van der Waals surface area contributed by atoms with Crippen molar-refractivity contribution in [2.75, 3.05) is 4.72 Å². The second kappa shape index (κ2) is 5.20. The Labute approximate surface area is 113 Å². The Kier molecular flexibility index (Phi) is 3.79. The molecule has 0 saturated heterocycles. The van der Waals surface area contributed by atoms with Gasteiger partial charge in [0.2, 0.25) is 5.09 Å². The molecule has 1 heterocycles. The van der Waals surface area contributed by atoms with E-state index in [9.17, 15) is 12.8 Å². The second-order valence-electron chi connectivity index (χ2n) is 3.64. The highest BCUT2D eigenvalue weighted by molar-refractivity contribution is 7.92. The minimum absolute atomic E-state index is 0.0213. The number of rotatable bonds is 4. The van der Waals surface area contributed by atoms with Crippen molar-refractivity contribution >= 4 is 27.3 Å². The number of nitrogens with one attached hydrogen (secondary N) is 1. The normalized spacial score (nSPS) is 11.5. The van der Waals surface area contributed by atoms with Gasteiger partial charge in [0, 0.05) is 5.02 Å². The monoisotopic (exact) mass is 305 g/mol. The molecule has 0 spiro atoms. The molecule has 0 bridgehead atoms. The molecule has 8 heteroatoms. The summed E-state index contributed by atoms with van der Waals surface area (Å²) in [4.78, 5) is 0. The van der Waals surface area contributed by atoms with Crippen LogP contribution in [0.2, 0.25) is 5.02 Å². The summed E-state index contributed by atoms with van der Waals surface area (Å²) in [6.07, 6.45) is 0. The first-order valence-corrected chi connectivity index (χ1v) is 6.95. The summed E-state index contributed by atoms with van der Waals surface area (Å²) in [6, 6.07) is 5.81. The van der Waals surface area contributed by atoms with Crippen LogP contribution in [0, 0.1) is 5.82 Å². The zero-order valence-electron chi connectivity index (χ0n) is 9.43. The first-order valence-electron chi connectivity index (χ1n) is 5.09. The van der Waals surface area contributed by atoms with E-state index in [1.54, 1.807) is 0 Å². The quantitative estimate of drug-likeness (QED) is 0.909. The maximum atomic E-state index is 13.1. The summed E-state index contributed by atoms with van der Waals surface area (Å²) >= 11 is 5.62. The fourth-order valence-corrected chi connectivity index (χ4v) is 2.62. The third-order valence-electron chi connectivity index (χ3n) is 2.17. The van der Waals surface area contributed by atoms with E-state index >= 15 is 0 Å². The number of aliphatic hydroxyl groups is 1. The minimum atomic E-state index is -3.99. The van der Waals surface area contributed by atoms with Crippen LogP contribution in [0.5, 0.6) is 0 Å². The van der Waals surface area contributed by atoms with Gasteiger partial charge < -0.3 is 9.52 Å². The number of hydrogen-bond donors (Lipinski definition) is 2. The molecular formula is C11H9ClFNO4S. The van der Waals surface area contributed by atoms with E-state index < -0.39 is 22.4 Å². The van der Waals surface area contributed by atoms with E-state index in [1.165, 1.54) is 18.2 Å². The molecule has 0 aliphatic heterocycles. The van der Waals surface area contributed by atoms with Crippen LogP contribution in [-0.2, 0) is 16.6 Å². The van der Waals surface area contributed by atoms with E-state index in [4.69, 9.17) is 21.1 Å². The van der Waals surface area contributed by atoms with Gasteiger partial charge in [-0.1, -0.05) is 11.6 Å². The molecule has 2 rings (SSSR count). The average Bonchev–Trinajstić information content (AvgIpc) is 2.75. The zero-order valence-corrected chi connectivity index (χ0v) is 11.0. The van der Waals surface area contributed by atoms with Gasteiger partial charge in [-0.3, -0.25) is 4.72 Å².